The molecule has 2 heterocycles. The molecule has 0 radical (unpaired) electrons. The zero-order valence-corrected chi connectivity index (χ0v) is 13.7. The minimum Gasteiger partial charge on any atom is -0.394 e. The third-order valence-electron chi connectivity index (χ3n) is 4.41. The number of rotatable bonds is 5. The highest BCUT2D eigenvalue weighted by molar-refractivity contribution is 5.46. The molecule has 0 saturated heterocycles. The first-order valence-electron chi connectivity index (χ1n) is 8.19. The van der Waals surface area contributed by atoms with Gasteiger partial charge < -0.3 is 15.3 Å². The summed E-state index contributed by atoms with van der Waals surface area (Å²) < 4.78 is 0. The topological polar surface area (TPSA) is 61.3 Å². The zero-order chi connectivity index (χ0) is 16.2. The van der Waals surface area contributed by atoms with Crippen molar-refractivity contribution in [2.24, 2.45) is 5.92 Å². The Morgan fingerprint density at radius 1 is 1.22 bits per heavy atom. The van der Waals surface area contributed by atoms with E-state index >= 15 is 0 Å². The van der Waals surface area contributed by atoms with Crippen LogP contribution in [-0.4, -0.2) is 34.3 Å². The van der Waals surface area contributed by atoms with E-state index in [1.165, 1.54) is 11.1 Å². The van der Waals surface area contributed by atoms with Crippen LogP contribution >= 0.6 is 0 Å². The summed E-state index contributed by atoms with van der Waals surface area (Å²) in [6, 6.07) is 10.5. The molecule has 5 nitrogen and oxygen atoms in total. The highest BCUT2D eigenvalue weighted by atomic mass is 16.3. The molecular formula is C18H24N4O. The Balaban J connectivity index is 1.76. The van der Waals surface area contributed by atoms with E-state index in [-0.39, 0.29) is 12.6 Å². The number of hydrogen-bond acceptors (Lipinski definition) is 5. The number of fused-ring (bicyclic) bond motifs is 1. The summed E-state index contributed by atoms with van der Waals surface area (Å²) in [7, 11) is 0. The Kier molecular flexibility index (Phi) is 4.76. The Bertz CT molecular complexity index is 659. The van der Waals surface area contributed by atoms with Gasteiger partial charge >= 0.3 is 0 Å². The Labute approximate surface area is 137 Å². The number of aliphatic hydroxyl groups excluding tert-OH is 1. The van der Waals surface area contributed by atoms with Crippen LogP contribution in [0.3, 0.4) is 0 Å². The van der Waals surface area contributed by atoms with Crippen LogP contribution in [0, 0.1) is 5.92 Å². The van der Waals surface area contributed by atoms with Gasteiger partial charge in [-0.25, -0.2) is 4.98 Å². The first-order valence-corrected chi connectivity index (χ1v) is 8.19. The van der Waals surface area contributed by atoms with Crippen LogP contribution in [0.15, 0.2) is 36.5 Å². The lowest BCUT2D eigenvalue weighted by molar-refractivity contribution is 0.248. The molecule has 23 heavy (non-hydrogen) atoms. The molecule has 1 atom stereocenters. The summed E-state index contributed by atoms with van der Waals surface area (Å²) in [5.74, 6) is 1.82. The maximum Gasteiger partial charge on any atom is 0.224 e. The number of aromatic nitrogens is 2. The van der Waals surface area contributed by atoms with Gasteiger partial charge in [-0.1, -0.05) is 38.1 Å². The lowest BCUT2D eigenvalue weighted by Gasteiger charge is -2.30. The molecule has 3 rings (SSSR count). The number of benzene rings is 1. The molecule has 0 aliphatic carbocycles. The van der Waals surface area contributed by atoms with E-state index in [0.29, 0.717) is 11.9 Å². The molecular weight excluding hydrogens is 288 g/mol. The molecule has 0 spiro atoms. The van der Waals surface area contributed by atoms with Crippen molar-refractivity contribution in [3.63, 3.8) is 0 Å². The van der Waals surface area contributed by atoms with E-state index in [2.05, 4.69) is 58.3 Å². The third kappa shape index (κ3) is 3.62. The van der Waals surface area contributed by atoms with Crippen molar-refractivity contribution >= 4 is 11.8 Å². The number of aliphatic hydroxyl groups is 1. The van der Waals surface area contributed by atoms with E-state index in [4.69, 9.17) is 0 Å². The molecule has 1 aromatic carbocycles. The Hall–Kier alpha value is -2.14. The highest BCUT2D eigenvalue weighted by Gasteiger charge is 2.18. The van der Waals surface area contributed by atoms with Gasteiger partial charge in [-0.2, -0.15) is 4.98 Å². The number of nitrogens with zero attached hydrogens (tertiary/aromatic N) is 3. The van der Waals surface area contributed by atoms with Crippen molar-refractivity contribution in [3.05, 3.63) is 47.7 Å². The van der Waals surface area contributed by atoms with E-state index in [1.807, 2.05) is 6.07 Å². The lowest BCUT2D eigenvalue weighted by atomic mass is 10.00. The number of anilines is 2. The van der Waals surface area contributed by atoms with Crippen molar-refractivity contribution in [3.8, 4) is 0 Å². The van der Waals surface area contributed by atoms with Crippen LogP contribution in [0.2, 0.25) is 0 Å². The first kappa shape index (κ1) is 15.7. The van der Waals surface area contributed by atoms with Crippen molar-refractivity contribution in [1.29, 1.82) is 0 Å². The smallest absolute Gasteiger partial charge is 0.224 e. The summed E-state index contributed by atoms with van der Waals surface area (Å²) in [6.45, 7) is 6.04. The molecule has 0 amide bonds. The van der Waals surface area contributed by atoms with Crippen LogP contribution < -0.4 is 10.2 Å². The Morgan fingerprint density at radius 2 is 2.00 bits per heavy atom. The van der Waals surface area contributed by atoms with Crippen molar-refractivity contribution in [1.82, 2.24) is 9.97 Å². The second kappa shape index (κ2) is 6.96. The van der Waals surface area contributed by atoms with Crippen LogP contribution in [0.25, 0.3) is 0 Å². The van der Waals surface area contributed by atoms with Gasteiger partial charge in [0, 0.05) is 19.3 Å². The number of hydrogen-bond donors (Lipinski definition) is 2. The minimum absolute atomic E-state index is 0.0349. The molecule has 0 saturated carbocycles. The van der Waals surface area contributed by atoms with Crippen LogP contribution in [-0.2, 0) is 13.0 Å². The van der Waals surface area contributed by atoms with Gasteiger partial charge in [0.05, 0.1) is 12.6 Å². The molecule has 1 aromatic heterocycles. The molecule has 5 heteroatoms. The average molecular weight is 312 g/mol. The highest BCUT2D eigenvalue weighted by Crippen LogP contribution is 2.23. The van der Waals surface area contributed by atoms with E-state index < -0.39 is 0 Å². The molecule has 2 aromatic rings. The molecule has 122 valence electrons. The summed E-state index contributed by atoms with van der Waals surface area (Å²) >= 11 is 0. The second-order valence-corrected chi connectivity index (χ2v) is 6.36. The Morgan fingerprint density at radius 3 is 2.74 bits per heavy atom. The van der Waals surface area contributed by atoms with Gasteiger partial charge in [-0.3, -0.25) is 0 Å². The van der Waals surface area contributed by atoms with Gasteiger partial charge in [-0.05, 0) is 29.5 Å². The number of nitrogens with one attached hydrogen (secondary N) is 1. The quantitative estimate of drug-likeness (QED) is 0.888. The predicted molar refractivity (Wildman–Crippen MR) is 92.6 cm³/mol. The maximum atomic E-state index is 9.46. The molecule has 1 aliphatic heterocycles. The predicted octanol–water partition coefficient (Wildman–Crippen LogP) is 2.47. The fraction of sp³-hybridized carbons (Fsp3) is 0.444. The largest absolute Gasteiger partial charge is 0.394 e. The van der Waals surface area contributed by atoms with Crippen LogP contribution in [0.4, 0.5) is 11.8 Å². The fourth-order valence-corrected chi connectivity index (χ4v) is 2.88. The van der Waals surface area contributed by atoms with E-state index in [0.717, 1.165) is 25.3 Å². The van der Waals surface area contributed by atoms with Gasteiger partial charge in [0.25, 0.3) is 0 Å². The molecule has 1 aliphatic rings. The monoisotopic (exact) mass is 312 g/mol. The van der Waals surface area contributed by atoms with Crippen LogP contribution in [0.1, 0.15) is 25.0 Å². The van der Waals surface area contributed by atoms with Crippen molar-refractivity contribution in [2.75, 3.05) is 23.4 Å². The summed E-state index contributed by atoms with van der Waals surface area (Å²) in [4.78, 5) is 11.2. The van der Waals surface area contributed by atoms with Gasteiger partial charge in [0.2, 0.25) is 5.95 Å². The molecule has 0 bridgehead atoms. The SMILES string of the molecule is CC(C)[C@@H](CO)Nc1nccc(N2CCc3ccccc3C2)n1. The maximum absolute atomic E-state index is 9.46. The van der Waals surface area contributed by atoms with Gasteiger partial charge in [-0.15, -0.1) is 0 Å². The zero-order valence-electron chi connectivity index (χ0n) is 13.7. The second-order valence-electron chi connectivity index (χ2n) is 6.36. The molecule has 2 N–H and O–H groups in total. The van der Waals surface area contributed by atoms with Gasteiger partial charge in [0.1, 0.15) is 5.82 Å². The summed E-state index contributed by atoms with van der Waals surface area (Å²) in [5.41, 5.74) is 2.79. The third-order valence-corrected chi connectivity index (χ3v) is 4.41. The molecule has 0 unspecified atom stereocenters. The van der Waals surface area contributed by atoms with E-state index in [9.17, 15) is 5.11 Å². The molecule has 0 fully saturated rings. The lowest BCUT2D eigenvalue weighted by Crippen LogP contribution is -2.32. The van der Waals surface area contributed by atoms with E-state index in [1.54, 1.807) is 6.20 Å². The summed E-state index contributed by atoms with van der Waals surface area (Å²) in [6.07, 6.45) is 2.81. The fourth-order valence-electron chi connectivity index (χ4n) is 2.88. The van der Waals surface area contributed by atoms with Gasteiger partial charge in [0.15, 0.2) is 0 Å². The summed E-state index contributed by atoms with van der Waals surface area (Å²) in [5, 5.41) is 12.7. The normalized spacial score (nSPS) is 15.4. The minimum atomic E-state index is -0.0349. The van der Waals surface area contributed by atoms with Crippen molar-refractivity contribution in [2.45, 2.75) is 32.9 Å². The standard InChI is InChI=1S/C18H24N4O/c1-13(2)16(12-23)20-18-19-9-7-17(21-18)22-10-8-14-5-3-4-6-15(14)11-22/h3-7,9,13,16,23H,8,10-12H2,1-2H3,(H,19,20,21)/t16-/m1/s1. The average Bonchev–Trinajstić information content (AvgIpc) is 2.59. The van der Waals surface area contributed by atoms with Crippen molar-refractivity contribution < 1.29 is 5.11 Å². The van der Waals surface area contributed by atoms with Crippen LogP contribution in [0.5, 0.6) is 0 Å². The first-order chi connectivity index (χ1) is 11.2.